The Kier molecular flexibility index (Phi) is 6.14. The van der Waals surface area contributed by atoms with Gasteiger partial charge in [0.1, 0.15) is 0 Å². The molecule has 0 saturated carbocycles. The number of rotatable bonds is 0. The van der Waals surface area contributed by atoms with Gasteiger partial charge in [0, 0.05) is 30.1 Å². The van der Waals surface area contributed by atoms with Crippen molar-refractivity contribution in [1.82, 2.24) is 10.6 Å². The lowest BCUT2D eigenvalue weighted by atomic mass is 10.7. The third kappa shape index (κ3) is 6.68. The highest BCUT2D eigenvalue weighted by Crippen LogP contribution is 1.73. The van der Waals surface area contributed by atoms with E-state index >= 15 is 0 Å². The van der Waals surface area contributed by atoms with Crippen LogP contribution in [0.25, 0.3) is 0 Å². The van der Waals surface area contributed by atoms with Crippen molar-refractivity contribution >= 4 is 6.03 Å². The van der Waals surface area contributed by atoms with Crippen LogP contribution in [0.5, 0.6) is 0 Å². The van der Waals surface area contributed by atoms with E-state index in [1.54, 1.807) is 10.4 Å². The van der Waals surface area contributed by atoms with Gasteiger partial charge in [-0.2, -0.15) is 0 Å². The third-order valence-electron chi connectivity index (χ3n) is 0.885. The van der Waals surface area contributed by atoms with Crippen molar-refractivity contribution in [3.63, 3.8) is 0 Å². The van der Waals surface area contributed by atoms with Crippen LogP contribution >= 0.6 is 0 Å². The highest BCUT2D eigenvalue weighted by Gasteiger charge is 1.91. The van der Waals surface area contributed by atoms with Crippen LogP contribution in [0.15, 0.2) is 10.4 Å². The molecule has 1 fully saturated rings. The number of nitroso groups, excluding NO2 is 2. The first-order chi connectivity index (χ1) is 5.31. The lowest BCUT2D eigenvalue weighted by molar-refractivity contribution is 0.256. The molecule has 0 bridgehead atoms. The fraction of sp³-hybridized carbons (Fsp3) is 0.750. The molecule has 0 atom stereocenters. The lowest BCUT2D eigenvalue weighted by Crippen LogP contribution is -2.11. The van der Waals surface area contributed by atoms with Crippen LogP contribution in [0.1, 0.15) is 0 Å². The molecule has 0 spiro atoms. The largest absolute Gasteiger partial charge is 0.440 e. The van der Waals surface area contributed by atoms with Gasteiger partial charge in [-0.05, 0) is 0 Å². The van der Waals surface area contributed by atoms with E-state index in [-0.39, 0.29) is 0 Å². The Morgan fingerprint density at radius 2 is 1.55 bits per heavy atom. The van der Waals surface area contributed by atoms with Gasteiger partial charge in [-0.15, -0.1) is 9.81 Å². The van der Waals surface area contributed by atoms with Gasteiger partial charge in [0.05, 0.1) is 0 Å². The van der Waals surface area contributed by atoms with E-state index in [9.17, 15) is 4.79 Å². The van der Waals surface area contributed by atoms with Crippen LogP contribution in [0.2, 0.25) is 0 Å². The van der Waals surface area contributed by atoms with Gasteiger partial charge >= 0.3 is 6.03 Å². The van der Waals surface area contributed by atoms with Crippen molar-refractivity contribution in [2.45, 2.75) is 0 Å². The van der Waals surface area contributed by atoms with Gasteiger partial charge in [-0.1, -0.05) is 0 Å². The zero-order valence-electron chi connectivity index (χ0n) is 5.74. The molecule has 2 N–H and O–H groups in total. The average Bonchev–Trinajstić information content (AvgIpc) is 2.60. The summed E-state index contributed by atoms with van der Waals surface area (Å²) in [5.41, 5.74) is 0. The molecule has 1 aliphatic heterocycles. The zero-order chi connectivity index (χ0) is 8.53. The molecule has 0 unspecified atom stereocenters. The number of nitrogens with one attached hydrogen (secondary N) is 2. The Hall–Kier alpha value is -1.21. The summed E-state index contributed by atoms with van der Waals surface area (Å²) >= 11 is 0. The first-order valence-corrected chi connectivity index (χ1v) is 2.93. The maximum Gasteiger partial charge on any atom is 0.440 e. The second-order valence-corrected chi connectivity index (χ2v) is 1.64. The van der Waals surface area contributed by atoms with Crippen LogP contribution in [0.4, 0.5) is 4.79 Å². The van der Waals surface area contributed by atoms with Crippen molar-refractivity contribution in [3.8, 4) is 0 Å². The molecule has 0 aromatic rings. The number of carbonyl (C=O) groups is 1. The SMILES string of the molecule is C1CNCN1.O=NC(=O)N=O. The van der Waals surface area contributed by atoms with Crippen molar-refractivity contribution in [1.29, 1.82) is 0 Å². The lowest BCUT2D eigenvalue weighted by Gasteiger charge is -1.77. The summed E-state index contributed by atoms with van der Waals surface area (Å²) in [7, 11) is 0. The molecule has 2 amide bonds. The van der Waals surface area contributed by atoms with Crippen LogP contribution in [-0.4, -0.2) is 25.8 Å². The van der Waals surface area contributed by atoms with Crippen molar-refractivity contribution in [2.24, 2.45) is 10.4 Å². The second kappa shape index (κ2) is 6.90. The fourth-order valence-corrected chi connectivity index (χ4v) is 0.459. The molecule has 0 aromatic heterocycles. The van der Waals surface area contributed by atoms with Gasteiger partial charge in [-0.25, -0.2) is 4.79 Å². The molecule has 7 nitrogen and oxygen atoms in total. The normalized spacial score (nSPS) is 14.5. The van der Waals surface area contributed by atoms with Gasteiger partial charge in [0.15, 0.2) is 0 Å². The summed E-state index contributed by atoms with van der Waals surface area (Å²) in [6.07, 6.45) is 0. The van der Waals surface area contributed by atoms with E-state index in [1.165, 1.54) is 0 Å². The Morgan fingerprint density at radius 3 is 1.64 bits per heavy atom. The van der Waals surface area contributed by atoms with E-state index in [4.69, 9.17) is 9.81 Å². The maximum absolute atomic E-state index is 9.22. The van der Waals surface area contributed by atoms with E-state index in [1.807, 2.05) is 0 Å². The first kappa shape index (κ1) is 9.79. The average molecular weight is 160 g/mol. The van der Waals surface area contributed by atoms with Gasteiger partial charge in [0.25, 0.3) is 0 Å². The van der Waals surface area contributed by atoms with E-state index in [0.29, 0.717) is 0 Å². The van der Waals surface area contributed by atoms with Crippen molar-refractivity contribution < 1.29 is 4.79 Å². The molecular weight excluding hydrogens is 152 g/mol. The van der Waals surface area contributed by atoms with Crippen LogP contribution in [-0.2, 0) is 0 Å². The number of hydrogen-bond donors (Lipinski definition) is 2. The molecule has 0 aromatic carbocycles. The highest BCUT2D eigenvalue weighted by atomic mass is 16.3. The number of amides is 2. The standard InChI is InChI=1S/C3H8N2.CN2O3/c1-2-5-3-4-1;4-1(2-5)3-6/h4-5H,1-3H2;. The Labute approximate surface area is 62.5 Å². The van der Waals surface area contributed by atoms with E-state index < -0.39 is 6.03 Å². The summed E-state index contributed by atoms with van der Waals surface area (Å²) in [6.45, 7) is 3.28. The van der Waals surface area contributed by atoms with Gasteiger partial charge in [-0.3, -0.25) is 0 Å². The molecule has 0 radical (unpaired) electrons. The van der Waals surface area contributed by atoms with Crippen molar-refractivity contribution in [2.75, 3.05) is 19.8 Å². The van der Waals surface area contributed by atoms with E-state index in [2.05, 4.69) is 10.6 Å². The summed E-state index contributed by atoms with van der Waals surface area (Å²) in [4.78, 5) is 26.9. The summed E-state index contributed by atoms with van der Waals surface area (Å²) in [5.74, 6) is 0. The van der Waals surface area contributed by atoms with Crippen molar-refractivity contribution in [3.05, 3.63) is 9.81 Å². The Bertz CT molecular complexity index is 127. The molecule has 11 heavy (non-hydrogen) atoms. The highest BCUT2D eigenvalue weighted by molar-refractivity contribution is 5.75. The van der Waals surface area contributed by atoms with Crippen LogP contribution in [0, 0.1) is 9.81 Å². The van der Waals surface area contributed by atoms with Gasteiger partial charge < -0.3 is 10.6 Å². The zero-order valence-corrected chi connectivity index (χ0v) is 5.74. The topological polar surface area (TPSA) is 100.0 Å². The number of nitrogens with zero attached hydrogens (tertiary/aromatic N) is 2. The Balaban J connectivity index is 0.000000183. The van der Waals surface area contributed by atoms with E-state index in [0.717, 1.165) is 19.8 Å². The third-order valence-corrected chi connectivity index (χ3v) is 0.885. The number of hydrogen-bond acceptors (Lipinski definition) is 5. The summed E-state index contributed by atoms with van der Waals surface area (Å²) in [6, 6.07) is -1.52. The van der Waals surface area contributed by atoms with Crippen LogP contribution in [0.3, 0.4) is 0 Å². The molecular formula is C4H8N4O3. The minimum absolute atomic E-state index is 1.00. The molecule has 1 aliphatic rings. The van der Waals surface area contributed by atoms with Gasteiger partial charge in [0.2, 0.25) is 0 Å². The molecule has 1 saturated heterocycles. The summed E-state index contributed by atoms with van der Waals surface area (Å²) in [5, 5.41) is 9.50. The predicted molar refractivity (Wildman–Crippen MR) is 37.9 cm³/mol. The maximum atomic E-state index is 9.22. The first-order valence-electron chi connectivity index (χ1n) is 2.93. The quantitative estimate of drug-likeness (QED) is 0.477. The fourth-order valence-electron chi connectivity index (χ4n) is 0.459. The minimum atomic E-state index is -1.52. The molecule has 1 rings (SSSR count). The number of urea groups is 1. The molecule has 62 valence electrons. The Morgan fingerprint density at radius 1 is 1.09 bits per heavy atom. The molecule has 0 aliphatic carbocycles. The summed E-state index contributed by atoms with van der Waals surface area (Å²) < 4.78 is 0. The van der Waals surface area contributed by atoms with Crippen LogP contribution < -0.4 is 10.6 Å². The minimum Gasteiger partial charge on any atom is -0.303 e. The molecule has 7 heteroatoms. The second-order valence-electron chi connectivity index (χ2n) is 1.64. The monoisotopic (exact) mass is 160 g/mol. The molecule has 1 heterocycles. The smallest absolute Gasteiger partial charge is 0.303 e. The number of carbonyl (C=O) groups excluding carboxylic acids is 1. The predicted octanol–water partition coefficient (Wildman–Crippen LogP) is -0.224.